The van der Waals surface area contributed by atoms with Gasteiger partial charge in [0.1, 0.15) is 11.5 Å². The quantitative estimate of drug-likeness (QED) is 0.338. The van der Waals surface area contributed by atoms with Gasteiger partial charge in [-0.2, -0.15) is 0 Å². The van der Waals surface area contributed by atoms with Crippen molar-refractivity contribution < 1.29 is 28.9 Å². The highest BCUT2D eigenvalue weighted by Crippen LogP contribution is 2.29. The molecule has 2 amide bonds. The third-order valence-electron chi connectivity index (χ3n) is 8.45. The number of hydrogen-bond acceptors (Lipinski definition) is 8. The number of benzene rings is 2. The van der Waals surface area contributed by atoms with Crippen LogP contribution in [0.1, 0.15) is 68.8 Å². The second-order valence-electron chi connectivity index (χ2n) is 13.0. The van der Waals surface area contributed by atoms with Gasteiger partial charge in [-0.3, -0.25) is 14.5 Å². The average molecular weight is 641 g/mol. The molecule has 0 aromatic heterocycles. The van der Waals surface area contributed by atoms with E-state index in [1.54, 1.807) is 30.2 Å². The largest absolute Gasteiger partial charge is 0.497 e. The Hall–Kier alpha value is -3.18. The van der Waals surface area contributed by atoms with Crippen LogP contribution in [0.15, 0.2) is 42.5 Å². The average Bonchev–Trinajstić information content (AvgIpc) is 3.02. The summed E-state index contributed by atoms with van der Waals surface area (Å²) in [5.41, 5.74) is 2.09. The van der Waals surface area contributed by atoms with E-state index in [0.717, 1.165) is 44.5 Å². The van der Waals surface area contributed by atoms with Gasteiger partial charge >= 0.3 is 0 Å². The summed E-state index contributed by atoms with van der Waals surface area (Å²) in [7, 11) is 7.70. The minimum atomic E-state index is -0.435. The van der Waals surface area contributed by atoms with Gasteiger partial charge in [0, 0.05) is 44.3 Å². The van der Waals surface area contributed by atoms with Crippen molar-refractivity contribution in [1.82, 2.24) is 14.7 Å². The number of anilines is 1. The highest BCUT2D eigenvalue weighted by atomic mass is 16.5. The number of aliphatic hydroxyl groups excluding tert-OH is 1. The lowest BCUT2D eigenvalue weighted by atomic mass is 10.0. The van der Waals surface area contributed by atoms with Gasteiger partial charge in [0.15, 0.2) is 0 Å². The third-order valence-corrected chi connectivity index (χ3v) is 8.45. The number of aliphatic hydroxyl groups is 1. The fourth-order valence-electron chi connectivity index (χ4n) is 5.66. The number of amides is 2. The SMILES string of the molecule is COc1ccc(CN(C)C[C@H]2OCCCC[C@H](C)Oc3ccc(NC(=O)CCCN(C)C)cc3C(=O)N([C@@H](C)CO)C[C@@H]2C)cc1. The maximum Gasteiger partial charge on any atom is 0.258 e. The van der Waals surface area contributed by atoms with Crippen molar-refractivity contribution in [2.75, 3.05) is 66.4 Å². The fraction of sp³-hybridized carbons (Fsp3) is 0.611. The van der Waals surface area contributed by atoms with E-state index in [1.165, 1.54) is 5.56 Å². The lowest BCUT2D eigenvalue weighted by Gasteiger charge is -2.36. The molecule has 46 heavy (non-hydrogen) atoms. The van der Waals surface area contributed by atoms with Crippen LogP contribution in [0, 0.1) is 5.92 Å². The summed E-state index contributed by atoms with van der Waals surface area (Å²) in [5, 5.41) is 13.2. The van der Waals surface area contributed by atoms with E-state index in [2.05, 4.69) is 36.3 Å². The number of carbonyl (C=O) groups excluding carboxylic acids is 2. The number of nitrogens with zero attached hydrogens (tertiary/aromatic N) is 3. The number of ether oxygens (including phenoxy) is 3. The van der Waals surface area contributed by atoms with Crippen molar-refractivity contribution in [1.29, 1.82) is 0 Å². The van der Waals surface area contributed by atoms with Gasteiger partial charge in [-0.25, -0.2) is 0 Å². The second kappa shape index (κ2) is 18.8. The second-order valence-corrected chi connectivity index (χ2v) is 13.0. The van der Waals surface area contributed by atoms with Crippen LogP contribution in [-0.4, -0.2) is 111 Å². The zero-order valence-corrected chi connectivity index (χ0v) is 29.0. The molecule has 3 rings (SSSR count). The molecule has 0 saturated carbocycles. The first-order chi connectivity index (χ1) is 22.0. The molecule has 0 aliphatic carbocycles. The summed E-state index contributed by atoms with van der Waals surface area (Å²) >= 11 is 0. The molecule has 1 aliphatic heterocycles. The zero-order chi connectivity index (χ0) is 33.6. The van der Waals surface area contributed by atoms with E-state index in [0.29, 0.717) is 43.1 Å². The van der Waals surface area contributed by atoms with Gasteiger partial charge in [-0.05, 0) is 103 Å². The van der Waals surface area contributed by atoms with Crippen LogP contribution in [0.2, 0.25) is 0 Å². The molecule has 10 heteroatoms. The molecule has 0 radical (unpaired) electrons. The van der Waals surface area contributed by atoms with E-state index >= 15 is 0 Å². The van der Waals surface area contributed by atoms with Crippen LogP contribution in [0.25, 0.3) is 0 Å². The lowest BCUT2D eigenvalue weighted by Crippen LogP contribution is -2.47. The van der Waals surface area contributed by atoms with Gasteiger partial charge in [-0.15, -0.1) is 0 Å². The number of carbonyl (C=O) groups is 2. The number of hydrogen-bond donors (Lipinski definition) is 2. The first kappa shape index (κ1) is 37.3. The molecule has 2 aromatic rings. The van der Waals surface area contributed by atoms with Gasteiger partial charge in [0.25, 0.3) is 5.91 Å². The monoisotopic (exact) mass is 640 g/mol. The highest BCUT2D eigenvalue weighted by Gasteiger charge is 2.30. The molecule has 10 nitrogen and oxygen atoms in total. The number of nitrogens with one attached hydrogen (secondary N) is 1. The molecule has 4 atom stereocenters. The minimum absolute atomic E-state index is 0.0258. The Kier molecular flexibility index (Phi) is 15.3. The summed E-state index contributed by atoms with van der Waals surface area (Å²) in [6, 6.07) is 12.9. The Morgan fingerprint density at radius 1 is 1.13 bits per heavy atom. The van der Waals surface area contributed by atoms with Gasteiger partial charge in [-0.1, -0.05) is 19.1 Å². The first-order valence-corrected chi connectivity index (χ1v) is 16.6. The number of rotatable bonds is 12. The Balaban J connectivity index is 1.85. The van der Waals surface area contributed by atoms with Crippen molar-refractivity contribution in [3.05, 3.63) is 53.6 Å². The maximum atomic E-state index is 14.3. The summed E-state index contributed by atoms with van der Waals surface area (Å²) in [6.45, 7) is 9.03. The zero-order valence-electron chi connectivity index (χ0n) is 29.0. The van der Waals surface area contributed by atoms with E-state index in [1.807, 2.05) is 45.0 Å². The number of methoxy groups -OCH3 is 1. The Labute approximate surface area is 276 Å². The predicted molar refractivity (Wildman–Crippen MR) is 183 cm³/mol. The Bertz CT molecular complexity index is 1220. The molecule has 1 aliphatic rings. The van der Waals surface area contributed by atoms with Crippen LogP contribution >= 0.6 is 0 Å². The highest BCUT2D eigenvalue weighted by molar-refractivity contribution is 5.99. The molecule has 0 fully saturated rings. The van der Waals surface area contributed by atoms with Gasteiger partial charge in [0.2, 0.25) is 5.91 Å². The molecule has 1 heterocycles. The molecule has 0 bridgehead atoms. The topological polar surface area (TPSA) is 104 Å². The lowest BCUT2D eigenvalue weighted by molar-refractivity contribution is -0.116. The predicted octanol–water partition coefficient (Wildman–Crippen LogP) is 4.90. The fourth-order valence-corrected chi connectivity index (χ4v) is 5.66. The molecule has 2 aromatic carbocycles. The smallest absolute Gasteiger partial charge is 0.258 e. The molecule has 2 N–H and O–H groups in total. The molecule has 256 valence electrons. The summed E-state index contributed by atoms with van der Waals surface area (Å²) in [4.78, 5) is 33.0. The summed E-state index contributed by atoms with van der Waals surface area (Å²) in [5.74, 6) is 0.934. The Morgan fingerprint density at radius 2 is 1.87 bits per heavy atom. The molecule has 0 saturated heterocycles. The van der Waals surface area contributed by atoms with Crippen LogP contribution in [0.3, 0.4) is 0 Å². The summed E-state index contributed by atoms with van der Waals surface area (Å²) in [6.07, 6.45) is 3.53. The molecular formula is C36H56N4O6. The van der Waals surface area contributed by atoms with Crippen molar-refractivity contribution in [2.45, 2.75) is 77.7 Å². The Morgan fingerprint density at radius 3 is 2.54 bits per heavy atom. The maximum absolute atomic E-state index is 14.3. The first-order valence-electron chi connectivity index (χ1n) is 16.6. The third kappa shape index (κ3) is 11.9. The standard InChI is InChI=1S/C36H56N4O6/c1-26-22-40(27(2)25-41)36(43)32-21-30(37-35(42)12-10-19-38(4)5)15-18-33(32)46-28(3)11-8-9-20-45-34(26)24-39(6)23-29-13-16-31(44-7)17-14-29/h13-18,21,26-28,34,41H,8-12,19-20,22-25H2,1-7H3,(H,37,42)/t26-,27-,28-,34+/m0/s1. The van der Waals surface area contributed by atoms with E-state index < -0.39 is 6.04 Å². The molecule has 0 unspecified atom stereocenters. The van der Waals surface area contributed by atoms with Crippen LogP contribution < -0.4 is 14.8 Å². The van der Waals surface area contributed by atoms with Gasteiger partial charge in [0.05, 0.1) is 37.5 Å². The van der Waals surface area contributed by atoms with Gasteiger partial charge < -0.3 is 34.4 Å². The van der Waals surface area contributed by atoms with Crippen LogP contribution in [-0.2, 0) is 16.1 Å². The van der Waals surface area contributed by atoms with E-state index in [4.69, 9.17) is 14.2 Å². The number of fused-ring (bicyclic) bond motifs is 1. The van der Waals surface area contributed by atoms with Crippen molar-refractivity contribution in [3.8, 4) is 11.5 Å². The molecule has 0 spiro atoms. The normalized spacial score (nSPS) is 20.5. The number of likely N-dealkylation sites (N-methyl/N-ethyl adjacent to an activating group) is 1. The van der Waals surface area contributed by atoms with Crippen molar-refractivity contribution in [2.24, 2.45) is 5.92 Å². The van der Waals surface area contributed by atoms with Crippen LogP contribution in [0.5, 0.6) is 11.5 Å². The van der Waals surface area contributed by atoms with E-state index in [9.17, 15) is 14.7 Å². The molecular weight excluding hydrogens is 584 g/mol. The van der Waals surface area contributed by atoms with E-state index in [-0.39, 0.29) is 36.5 Å². The summed E-state index contributed by atoms with van der Waals surface area (Å²) < 4.78 is 18.1. The van der Waals surface area contributed by atoms with Crippen LogP contribution in [0.4, 0.5) is 5.69 Å². The minimum Gasteiger partial charge on any atom is -0.497 e. The van der Waals surface area contributed by atoms with Crippen molar-refractivity contribution >= 4 is 17.5 Å². The van der Waals surface area contributed by atoms with Crippen molar-refractivity contribution in [3.63, 3.8) is 0 Å².